The Morgan fingerprint density at radius 1 is 1.03 bits per heavy atom. The molecule has 5 rings (SSSR count). The van der Waals surface area contributed by atoms with Gasteiger partial charge in [0.25, 0.3) is 5.91 Å². The van der Waals surface area contributed by atoms with E-state index in [4.69, 9.17) is 9.47 Å². The highest BCUT2D eigenvalue weighted by Crippen LogP contribution is 2.26. The zero-order valence-electron chi connectivity index (χ0n) is 19.8. The zero-order valence-corrected chi connectivity index (χ0v) is 19.8. The Kier molecular flexibility index (Phi) is 7.82. The van der Waals surface area contributed by atoms with Gasteiger partial charge in [-0.05, 0) is 30.8 Å². The molecule has 2 aromatic carbocycles. The summed E-state index contributed by atoms with van der Waals surface area (Å²) in [6.07, 6.45) is 0. The van der Waals surface area contributed by atoms with Crippen LogP contribution in [0.1, 0.15) is 16.1 Å². The number of carbonyl (C=O) groups is 2. The quantitative estimate of drug-likeness (QED) is 0.642. The van der Waals surface area contributed by atoms with Crippen LogP contribution in [0.5, 0.6) is 5.75 Å². The Labute approximate surface area is 200 Å². The number of benzene rings is 2. The SMILES string of the molecule is CN1CCOCC1.COc1cccc2[nH]c(C(=O)N3CCN(Cc4ccccc4)C(=O)C3)cc12. The molecule has 0 aliphatic carbocycles. The van der Waals surface area contributed by atoms with Crippen molar-refractivity contribution < 1.29 is 19.1 Å². The summed E-state index contributed by atoms with van der Waals surface area (Å²) in [5.41, 5.74) is 2.40. The van der Waals surface area contributed by atoms with E-state index >= 15 is 0 Å². The molecule has 1 aromatic heterocycles. The summed E-state index contributed by atoms with van der Waals surface area (Å²) >= 11 is 0. The van der Waals surface area contributed by atoms with Crippen molar-refractivity contribution >= 4 is 22.7 Å². The van der Waals surface area contributed by atoms with Gasteiger partial charge < -0.3 is 29.2 Å². The molecule has 180 valence electrons. The molecule has 0 bridgehead atoms. The summed E-state index contributed by atoms with van der Waals surface area (Å²) in [5.74, 6) is 0.514. The number of amides is 2. The van der Waals surface area contributed by atoms with Crippen molar-refractivity contribution in [1.29, 1.82) is 0 Å². The lowest BCUT2D eigenvalue weighted by Crippen LogP contribution is -2.51. The van der Waals surface area contributed by atoms with E-state index in [2.05, 4.69) is 16.9 Å². The molecule has 8 nitrogen and oxygen atoms in total. The van der Waals surface area contributed by atoms with Crippen LogP contribution in [0.2, 0.25) is 0 Å². The van der Waals surface area contributed by atoms with E-state index in [0.717, 1.165) is 42.8 Å². The van der Waals surface area contributed by atoms with Crippen LogP contribution in [-0.4, -0.2) is 91.6 Å². The van der Waals surface area contributed by atoms with E-state index in [-0.39, 0.29) is 18.4 Å². The minimum Gasteiger partial charge on any atom is -0.496 e. The molecule has 1 N–H and O–H groups in total. The number of aromatic nitrogens is 1. The van der Waals surface area contributed by atoms with Gasteiger partial charge in [-0.3, -0.25) is 9.59 Å². The first-order valence-corrected chi connectivity index (χ1v) is 11.6. The number of hydrogen-bond acceptors (Lipinski definition) is 5. The maximum Gasteiger partial charge on any atom is 0.270 e. The number of hydrogen-bond donors (Lipinski definition) is 1. The highest BCUT2D eigenvalue weighted by molar-refractivity contribution is 6.01. The van der Waals surface area contributed by atoms with Gasteiger partial charge in [0, 0.05) is 43.6 Å². The Morgan fingerprint density at radius 3 is 2.44 bits per heavy atom. The molecule has 2 fully saturated rings. The van der Waals surface area contributed by atoms with Crippen molar-refractivity contribution in [1.82, 2.24) is 19.7 Å². The molecule has 2 amide bonds. The van der Waals surface area contributed by atoms with Crippen molar-refractivity contribution in [3.63, 3.8) is 0 Å². The number of H-pyrrole nitrogens is 1. The van der Waals surface area contributed by atoms with Crippen molar-refractivity contribution in [3.8, 4) is 5.75 Å². The van der Waals surface area contributed by atoms with E-state index in [9.17, 15) is 9.59 Å². The molecule has 2 saturated heterocycles. The van der Waals surface area contributed by atoms with Crippen LogP contribution in [0, 0.1) is 0 Å². The topological polar surface area (TPSA) is 78.1 Å². The number of nitrogens with one attached hydrogen (secondary N) is 1. The third kappa shape index (κ3) is 5.76. The van der Waals surface area contributed by atoms with E-state index in [1.165, 1.54) is 0 Å². The Morgan fingerprint density at radius 2 is 1.79 bits per heavy atom. The molecule has 0 unspecified atom stereocenters. The summed E-state index contributed by atoms with van der Waals surface area (Å²) in [7, 11) is 3.72. The van der Waals surface area contributed by atoms with Crippen molar-refractivity contribution in [2.24, 2.45) is 0 Å². The van der Waals surface area contributed by atoms with E-state index < -0.39 is 0 Å². The van der Waals surface area contributed by atoms with Gasteiger partial charge >= 0.3 is 0 Å². The fraction of sp³-hybridized carbons (Fsp3) is 0.385. The first-order valence-electron chi connectivity index (χ1n) is 11.6. The molecule has 2 aliphatic rings. The lowest BCUT2D eigenvalue weighted by Gasteiger charge is -2.34. The summed E-state index contributed by atoms with van der Waals surface area (Å²) in [4.78, 5) is 34.2. The number of carbonyl (C=O) groups excluding carboxylic acids is 2. The zero-order chi connectivity index (χ0) is 23.9. The predicted octanol–water partition coefficient (Wildman–Crippen LogP) is 2.61. The number of morpholine rings is 1. The fourth-order valence-electron chi connectivity index (χ4n) is 4.10. The smallest absolute Gasteiger partial charge is 0.270 e. The largest absolute Gasteiger partial charge is 0.496 e. The molecule has 0 atom stereocenters. The second-order valence-electron chi connectivity index (χ2n) is 8.55. The van der Waals surface area contributed by atoms with Crippen molar-refractivity contribution in [3.05, 3.63) is 65.9 Å². The van der Waals surface area contributed by atoms with Gasteiger partial charge in [0.2, 0.25) is 5.91 Å². The van der Waals surface area contributed by atoms with Gasteiger partial charge in [-0.1, -0.05) is 36.4 Å². The molecule has 0 spiro atoms. The number of fused-ring (bicyclic) bond motifs is 1. The van der Waals surface area contributed by atoms with Crippen LogP contribution in [-0.2, 0) is 16.1 Å². The van der Waals surface area contributed by atoms with Crippen LogP contribution < -0.4 is 4.74 Å². The highest BCUT2D eigenvalue weighted by Gasteiger charge is 2.28. The summed E-state index contributed by atoms with van der Waals surface area (Å²) in [5, 5.41) is 0.859. The number of ether oxygens (including phenoxy) is 2. The van der Waals surface area contributed by atoms with Crippen LogP contribution >= 0.6 is 0 Å². The molecule has 3 heterocycles. The molecular formula is C26H32N4O4. The van der Waals surface area contributed by atoms with E-state index in [1.54, 1.807) is 23.0 Å². The minimum atomic E-state index is -0.166. The Bertz CT molecular complexity index is 1110. The number of piperazine rings is 1. The van der Waals surface area contributed by atoms with Gasteiger partial charge in [-0.15, -0.1) is 0 Å². The first-order chi connectivity index (χ1) is 16.5. The third-order valence-corrected chi connectivity index (χ3v) is 6.13. The Balaban J connectivity index is 0.000000336. The summed E-state index contributed by atoms with van der Waals surface area (Å²) in [6.45, 7) is 5.74. The number of nitrogens with zero attached hydrogens (tertiary/aromatic N) is 3. The number of aromatic amines is 1. The van der Waals surface area contributed by atoms with Crippen LogP contribution in [0.4, 0.5) is 0 Å². The second-order valence-corrected chi connectivity index (χ2v) is 8.55. The predicted molar refractivity (Wildman–Crippen MR) is 131 cm³/mol. The van der Waals surface area contributed by atoms with Crippen LogP contribution in [0.25, 0.3) is 10.9 Å². The highest BCUT2D eigenvalue weighted by atomic mass is 16.5. The normalized spacial score (nSPS) is 16.8. The van der Waals surface area contributed by atoms with Gasteiger partial charge in [0.05, 0.1) is 20.3 Å². The van der Waals surface area contributed by atoms with Gasteiger partial charge in [0.1, 0.15) is 18.0 Å². The first kappa shape index (κ1) is 23.8. The fourth-order valence-corrected chi connectivity index (χ4v) is 4.10. The monoisotopic (exact) mass is 464 g/mol. The molecule has 2 aliphatic heterocycles. The molecule has 0 saturated carbocycles. The van der Waals surface area contributed by atoms with Crippen LogP contribution in [0.15, 0.2) is 54.6 Å². The summed E-state index contributed by atoms with van der Waals surface area (Å²) < 4.78 is 10.4. The average molecular weight is 465 g/mol. The van der Waals surface area contributed by atoms with Crippen molar-refractivity contribution in [2.75, 3.05) is 60.1 Å². The molecule has 34 heavy (non-hydrogen) atoms. The van der Waals surface area contributed by atoms with Gasteiger partial charge in [0.15, 0.2) is 0 Å². The van der Waals surface area contributed by atoms with Gasteiger partial charge in [-0.25, -0.2) is 0 Å². The van der Waals surface area contributed by atoms with E-state index in [1.807, 2.05) is 48.5 Å². The summed E-state index contributed by atoms with van der Waals surface area (Å²) in [6, 6.07) is 17.3. The number of likely N-dealkylation sites (N-methyl/N-ethyl adjacent to an activating group) is 1. The van der Waals surface area contributed by atoms with Gasteiger partial charge in [-0.2, -0.15) is 0 Å². The maximum atomic E-state index is 12.9. The maximum absolute atomic E-state index is 12.9. The molecule has 8 heteroatoms. The lowest BCUT2D eigenvalue weighted by atomic mass is 10.2. The third-order valence-electron chi connectivity index (χ3n) is 6.13. The molecule has 0 radical (unpaired) electrons. The lowest BCUT2D eigenvalue weighted by molar-refractivity contribution is -0.135. The minimum absolute atomic E-state index is 0.0351. The molecule has 3 aromatic rings. The van der Waals surface area contributed by atoms with Crippen LogP contribution in [0.3, 0.4) is 0 Å². The average Bonchev–Trinajstić information content (AvgIpc) is 3.31. The molecular weight excluding hydrogens is 432 g/mol. The van der Waals surface area contributed by atoms with E-state index in [0.29, 0.717) is 31.1 Å². The number of methoxy groups -OCH3 is 1. The van der Waals surface area contributed by atoms with Crippen molar-refractivity contribution in [2.45, 2.75) is 6.54 Å². The second kappa shape index (κ2) is 11.2. The number of rotatable bonds is 4. The Hall–Kier alpha value is -3.36. The standard InChI is InChI=1S/C21H21N3O3.C5H11NO/c1-27-19-9-5-8-17-16(19)12-18(22-17)21(26)24-11-10-23(20(25)14-24)13-15-6-3-2-4-7-15;1-6-2-4-7-5-3-6/h2-9,12,22H,10-11,13-14H2,1H3;2-5H2,1H3.